The smallest absolute Gasteiger partial charge is 0.503 e. The molecule has 0 radical (unpaired) electrons. The van der Waals surface area contributed by atoms with Crippen LogP contribution in [0.4, 0.5) is 0 Å². The Morgan fingerprint density at radius 2 is 1.19 bits per heavy atom. The van der Waals surface area contributed by atoms with Crippen LogP contribution in [-0.2, 0) is 37.3 Å². The average molecular weight is 1100 g/mol. The normalized spacial score (nSPS) is 14.2. The predicted octanol–water partition coefficient (Wildman–Crippen LogP) is 16.3. The fourth-order valence-corrected chi connectivity index (χ4v) is 8.91. The zero-order valence-corrected chi connectivity index (χ0v) is 42.6. The molecular formula is C63H55N5OPt. The molecule has 0 aliphatic rings. The summed E-state index contributed by atoms with van der Waals surface area (Å²) < 4.78 is 99.3. The molecule has 11 aromatic rings. The Labute approximate surface area is 439 Å². The molecule has 70 heavy (non-hydrogen) atoms. The van der Waals surface area contributed by atoms with E-state index < -0.39 is 60.4 Å². The Bertz CT molecular complexity index is 4200. The van der Waals surface area contributed by atoms with Crippen LogP contribution in [0.15, 0.2) is 170 Å². The van der Waals surface area contributed by atoms with Gasteiger partial charge in [-0.3, -0.25) is 9.97 Å². The van der Waals surface area contributed by atoms with E-state index in [-0.39, 0.29) is 71.0 Å². The van der Waals surface area contributed by atoms with Gasteiger partial charge in [0.25, 0.3) is 0 Å². The van der Waals surface area contributed by atoms with Gasteiger partial charge >= 0.3 is 21.1 Å². The van der Waals surface area contributed by atoms with Crippen LogP contribution in [0.25, 0.3) is 89.1 Å². The minimum absolute atomic E-state index is 0. The minimum atomic E-state index is -0.587. The molecule has 7 aromatic carbocycles. The Hall–Kier alpha value is -7.14. The van der Waals surface area contributed by atoms with Crippen molar-refractivity contribution in [1.29, 1.82) is 0 Å². The van der Waals surface area contributed by atoms with Crippen molar-refractivity contribution in [3.05, 3.63) is 199 Å². The molecule has 6 nitrogen and oxygen atoms in total. The maximum Gasteiger partial charge on any atom is 2.00 e. The number of benzene rings is 7. The third-order valence-corrected chi connectivity index (χ3v) is 12.7. The topological polar surface area (TPSA) is 57.2 Å². The first kappa shape index (κ1) is 35.9. The van der Waals surface area contributed by atoms with E-state index in [2.05, 4.69) is 115 Å². The zero-order chi connectivity index (χ0) is 56.5. The van der Waals surface area contributed by atoms with Gasteiger partial charge in [-0.15, -0.1) is 23.6 Å². The number of nitrogens with zero attached hydrogens (tertiary/aromatic N) is 5. The van der Waals surface area contributed by atoms with Crippen molar-refractivity contribution in [3.8, 4) is 62.2 Å². The Kier molecular flexibility index (Phi) is 9.06. The number of fused-ring (bicyclic) bond motifs is 6. The van der Waals surface area contributed by atoms with Crippen molar-refractivity contribution in [2.75, 3.05) is 0 Å². The fourth-order valence-electron chi connectivity index (χ4n) is 8.91. The van der Waals surface area contributed by atoms with E-state index in [9.17, 15) is 5.48 Å². The van der Waals surface area contributed by atoms with Crippen molar-refractivity contribution < 1.29 is 39.5 Å². The third kappa shape index (κ3) is 8.53. The molecule has 0 atom stereocenters. The number of aromatic nitrogens is 5. The molecule has 4 heterocycles. The number of rotatable bonds is 7. The SMILES string of the molecule is [2H]c1c([2H])c([2H])c(-c2cccc(-c3c([2H])c([2H])c([2H])c([2H])c3[2H])c2-c2nc3ccc(Oc4[c-]c5c(cc4)c4ccccc4n5-c4cc(C(C)(C)C)ccn4)[c-]c3c3nc(-c4cc(C(C)(C)C)cc(C(C)(C)C)c4)cn23)c([2H])c1[2H].[Pt+2]. The summed E-state index contributed by atoms with van der Waals surface area (Å²) >= 11 is 0. The van der Waals surface area contributed by atoms with E-state index in [0.717, 1.165) is 49.9 Å². The standard InChI is InChI=1S/C63H55N5O.Pt/c1-61(2,3)43-31-32-64-57(36-43)68-55-26-17-16-23-50(55)51-29-27-47(38-56(51)68)69-46-28-30-53-52(37-46)59-66-54(42-33-44(62(4,5)6)35-45(34-42)63(7,8)9)39-67(59)60(65-53)58-48(40-19-12-10-13-20-40)24-18-25-49(58)41-21-14-11-15-22-41;/h10-36,39H,1-9H3;/q-2;+2/i10D,11D,12D,13D,14D,15D,19D,20D,21D,22D;. The molecule has 0 saturated carbocycles. The van der Waals surface area contributed by atoms with Gasteiger partial charge < -0.3 is 13.7 Å². The van der Waals surface area contributed by atoms with Crippen LogP contribution in [0.3, 0.4) is 0 Å². The number of pyridine rings is 1. The first-order chi connectivity index (χ1) is 37.2. The molecule has 0 aliphatic carbocycles. The largest absolute Gasteiger partial charge is 2.00 e. The maximum atomic E-state index is 9.22. The molecule has 0 amide bonds. The molecule has 4 aromatic heterocycles. The van der Waals surface area contributed by atoms with Crippen molar-refractivity contribution in [2.24, 2.45) is 0 Å². The van der Waals surface area contributed by atoms with Crippen LogP contribution in [0.2, 0.25) is 0 Å². The Morgan fingerprint density at radius 3 is 1.83 bits per heavy atom. The van der Waals surface area contributed by atoms with E-state index in [0.29, 0.717) is 33.7 Å². The Balaban J connectivity index is 0.00000720. The van der Waals surface area contributed by atoms with Crippen LogP contribution in [0.5, 0.6) is 11.5 Å². The quantitative estimate of drug-likeness (QED) is 0.149. The number of ether oxygens (including phenoxy) is 1. The summed E-state index contributed by atoms with van der Waals surface area (Å²) in [4.78, 5) is 15.5. The number of hydrogen-bond acceptors (Lipinski definition) is 4. The van der Waals surface area contributed by atoms with Gasteiger partial charge in [0.05, 0.1) is 25.0 Å². The summed E-state index contributed by atoms with van der Waals surface area (Å²) in [6, 6.07) is 32.4. The van der Waals surface area contributed by atoms with Crippen molar-refractivity contribution in [1.82, 2.24) is 23.9 Å². The number of imidazole rings is 1. The summed E-state index contributed by atoms with van der Waals surface area (Å²) in [5, 5.41) is 2.44. The summed E-state index contributed by atoms with van der Waals surface area (Å²) in [5.74, 6) is 1.62. The van der Waals surface area contributed by atoms with E-state index in [1.807, 2.05) is 42.7 Å². The summed E-state index contributed by atoms with van der Waals surface area (Å²) in [5.41, 5.74) is 6.50. The molecular weight excluding hydrogens is 1040 g/mol. The monoisotopic (exact) mass is 1100 g/mol. The Morgan fingerprint density at radius 1 is 0.571 bits per heavy atom. The van der Waals surface area contributed by atoms with Crippen LogP contribution in [-0.4, -0.2) is 23.9 Å². The second-order valence-electron chi connectivity index (χ2n) is 20.6. The van der Waals surface area contributed by atoms with E-state index in [4.69, 9.17) is 27.9 Å². The van der Waals surface area contributed by atoms with Gasteiger partial charge in [-0.1, -0.05) is 188 Å². The van der Waals surface area contributed by atoms with E-state index >= 15 is 0 Å². The van der Waals surface area contributed by atoms with Gasteiger partial charge in [-0.2, -0.15) is 6.07 Å². The van der Waals surface area contributed by atoms with Gasteiger partial charge in [0.2, 0.25) is 0 Å². The van der Waals surface area contributed by atoms with Gasteiger partial charge in [0.15, 0.2) is 0 Å². The molecule has 0 aliphatic heterocycles. The fraction of sp³-hybridized carbons (Fsp3) is 0.190. The molecule has 7 heteroatoms. The summed E-state index contributed by atoms with van der Waals surface area (Å²) in [6.07, 6.45) is 3.65. The summed E-state index contributed by atoms with van der Waals surface area (Å²) in [6.45, 7) is 19.4. The molecule has 348 valence electrons. The van der Waals surface area contributed by atoms with Gasteiger partial charge in [-0.25, -0.2) is 4.98 Å². The van der Waals surface area contributed by atoms with E-state index in [1.54, 1.807) is 34.7 Å². The minimum Gasteiger partial charge on any atom is -0.503 e. The van der Waals surface area contributed by atoms with Gasteiger partial charge in [0.1, 0.15) is 11.6 Å². The molecule has 0 spiro atoms. The summed E-state index contributed by atoms with van der Waals surface area (Å²) in [7, 11) is 0. The van der Waals surface area contributed by atoms with Gasteiger partial charge in [0, 0.05) is 40.5 Å². The van der Waals surface area contributed by atoms with Crippen LogP contribution in [0.1, 0.15) is 92.7 Å². The van der Waals surface area contributed by atoms with Crippen molar-refractivity contribution in [2.45, 2.75) is 78.6 Å². The van der Waals surface area contributed by atoms with Crippen LogP contribution < -0.4 is 4.74 Å². The molecule has 0 N–H and O–H groups in total. The zero-order valence-electron chi connectivity index (χ0n) is 50.4. The maximum absolute atomic E-state index is 9.22. The first-order valence-corrected chi connectivity index (χ1v) is 23.0. The molecule has 0 fully saturated rings. The second-order valence-corrected chi connectivity index (χ2v) is 20.6. The molecule has 11 rings (SSSR count). The van der Waals surface area contributed by atoms with E-state index in [1.165, 1.54) is 0 Å². The number of hydrogen-bond donors (Lipinski definition) is 0. The third-order valence-electron chi connectivity index (χ3n) is 12.7. The van der Waals surface area contributed by atoms with Crippen molar-refractivity contribution >= 4 is 38.4 Å². The van der Waals surface area contributed by atoms with Gasteiger partial charge in [-0.05, 0) is 96.4 Å². The predicted molar refractivity (Wildman–Crippen MR) is 285 cm³/mol. The van der Waals surface area contributed by atoms with Crippen LogP contribution >= 0.6 is 0 Å². The molecule has 0 saturated heterocycles. The van der Waals surface area contributed by atoms with Crippen molar-refractivity contribution in [3.63, 3.8) is 0 Å². The molecule has 0 bridgehead atoms. The first-order valence-electron chi connectivity index (χ1n) is 28.0. The van der Waals surface area contributed by atoms with Crippen LogP contribution in [0, 0.1) is 12.1 Å². The molecule has 0 unspecified atom stereocenters. The second kappa shape index (κ2) is 17.7. The number of para-hydroxylation sites is 1. The average Bonchev–Trinajstić information content (AvgIpc) is 4.21.